The number of ketones is 1. The van der Waals surface area contributed by atoms with E-state index in [9.17, 15) is 14.4 Å². The summed E-state index contributed by atoms with van der Waals surface area (Å²) in [7, 11) is 0. The third kappa shape index (κ3) is 4.10. The van der Waals surface area contributed by atoms with Gasteiger partial charge in [0.15, 0.2) is 5.78 Å². The van der Waals surface area contributed by atoms with Gasteiger partial charge in [0.05, 0.1) is 4.43 Å². The summed E-state index contributed by atoms with van der Waals surface area (Å²) in [6, 6.07) is 0. The van der Waals surface area contributed by atoms with Gasteiger partial charge in [-0.15, -0.1) is 0 Å². The number of halogens is 1. The molecule has 0 saturated heterocycles. The summed E-state index contributed by atoms with van der Waals surface area (Å²) >= 11 is 1.96. The van der Waals surface area contributed by atoms with Gasteiger partial charge in [0.25, 0.3) is 0 Å². The predicted molar refractivity (Wildman–Crippen MR) is 126 cm³/mol. The van der Waals surface area contributed by atoms with Crippen molar-refractivity contribution >= 4 is 40.3 Å². The van der Waals surface area contributed by atoms with E-state index >= 15 is 0 Å². The molecule has 7 atom stereocenters. The molecule has 3 saturated carbocycles. The van der Waals surface area contributed by atoms with Gasteiger partial charge in [-0.2, -0.15) is 0 Å². The Labute approximate surface area is 199 Å². The minimum absolute atomic E-state index is 0.0595. The number of carbonyl (C=O) groups excluding carboxylic acids is 3. The van der Waals surface area contributed by atoms with Crippen LogP contribution in [0.4, 0.5) is 0 Å². The van der Waals surface area contributed by atoms with Gasteiger partial charge in [0, 0.05) is 12.8 Å². The Morgan fingerprint density at radius 2 is 1.90 bits per heavy atom. The molecule has 0 unspecified atom stereocenters. The molecule has 0 aromatic heterocycles. The lowest BCUT2D eigenvalue weighted by molar-refractivity contribution is -0.155. The van der Waals surface area contributed by atoms with Crippen LogP contribution >= 0.6 is 22.6 Å². The molecule has 0 aromatic carbocycles. The number of hydrogen-bond donors (Lipinski definition) is 0. The van der Waals surface area contributed by atoms with Crippen molar-refractivity contribution in [3.63, 3.8) is 0 Å². The molecule has 0 radical (unpaired) electrons. The lowest BCUT2D eigenvalue weighted by atomic mass is 9.46. The molecule has 0 N–H and O–H groups in total. The molecule has 4 rings (SSSR count). The molecule has 0 heterocycles. The van der Waals surface area contributed by atoms with Gasteiger partial charge in [0.2, 0.25) is 0 Å². The number of hydrogen-bond acceptors (Lipinski definition) is 5. The van der Waals surface area contributed by atoms with Crippen LogP contribution in [0.5, 0.6) is 0 Å². The smallest absolute Gasteiger partial charge is 0.316 e. The fourth-order valence-corrected chi connectivity index (χ4v) is 7.89. The van der Waals surface area contributed by atoms with Crippen LogP contribution in [0, 0.1) is 34.5 Å². The van der Waals surface area contributed by atoms with Gasteiger partial charge < -0.3 is 9.47 Å². The number of carbonyl (C=O) groups is 3. The number of allylic oxidation sites excluding steroid dienone is 2. The SMILES string of the molecule is CC(=O)O[C@H]1CC[C@@]2(C)[C@H](CC[C@H]3C4=CC[C@@H](C(=O)COC(=O)CI)[C@@]4(C)CC[C@@H]32)C1. The van der Waals surface area contributed by atoms with E-state index in [2.05, 4.69) is 19.9 Å². The van der Waals surface area contributed by atoms with E-state index < -0.39 is 0 Å². The van der Waals surface area contributed by atoms with Gasteiger partial charge >= 0.3 is 11.9 Å². The molecule has 4 aliphatic carbocycles. The Hall–Kier alpha value is -0.920. The highest BCUT2D eigenvalue weighted by Crippen LogP contribution is 2.66. The van der Waals surface area contributed by atoms with E-state index in [1.54, 1.807) is 0 Å². The van der Waals surface area contributed by atoms with Crippen molar-refractivity contribution in [2.75, 3.05) is 11.0 Å². The Morgan fingerprint density at radius 3 is 2.61 bits per heavy atom. The number of rotatable bonds is 5. The Bertz CT molecular complexity index is 791. The largest absolute Gasteiger partial charge is 0.463 e. The van der Waals surface area contributed by atoms with Crippen LogP contribution in [0.15, 0.2) is 11.6 Å². The number of alkyl halides is 1. The van der Waals surface area contributed by atoms with Gasteiger partial charge in [-0.3, -0.25) is 14.4 Å². The topological polar surface area (TPSA) is 69.7 Å². The van der Waals surface area contributed by atoms with Crippen molar-refractivity contribution in [1.82, 2.24) is 0 Å². The van der Waals surface area contributed by atoms with Crippen molar-refractivity contribution in [2.24, 2.45) is 34.5 Å². The first-order chi connectivity index (χ1) is 14.7. The van der Waals surface area contributed by atoms with Crippen LogP contribution < -0.4 is 0 Å². The Kier molecular flexibility index (Phi) is 6.59. The summed E-state index contributed by atoms with van der Waals surface area (Å²) in [5, 5.41) is 0. The van der Waals surface area contributed by atoms with Crippen LogP contribution in [-0.4, -0.2) is 34.9 Å². The van der Waals surface area contributed by atoms with Crippen LogP contribution in [0.2, 0.25) is 0 Å². The van der Waals surface area contributed by atoms with Crippen LogP contribution in [0.25, 0.3) is 0 Å². The summed E-state index contributed by atoms with van der Waals surface area (Å²) in [5.41, 5.74) is 1.70. The van der Waals surface area contributed by atoms with Gasteiger partial charge in [0.1, 0.15) is 12.7 Å². The lowest BCUT2D eigenvalue weighted by Crippen LogP contribution is -2.52. The third-order valence-corrected chi connectivity index (χ3v) is 9.85. The van der Waals surface area contributed by atoms with Crippen LogP contribution in [0.3, 0.4) is 0 Å². The number of esters is 2. The molecule has 31 heavy (non-hydrogen) atoms. The van der Waals surface area contributed by atoms with E-state index in [4.69, 9.17) is 9.47 Å². The average molecular weight is 542 g/mol. The molecule has 6 heteroatoms. The standard InChI is InChI=1S/C25H35IO5/c1-15(27)31-17-8-10-24(2)16(12-17)4-5-18-19-6-7-21(22(28)14-30-23(29)13-26)25(19,3)11-9-20(18)24/h6,16-18,20-21H,4-5,7-14H2,1-3H3/t16-,17+,18+,20+,21+,24+,25+/m1/s1. The number of ether oxygens (including phenoxy) is 2. The second kappa shape index (κ2) is 8.79. The number of fused-ring (bicyclic) bond motifs is 5. The molecule has 4 aliphatic rings. The van der Waals surface area contributed by atoms with Crippen molar-refractivity contribution in [2.45, 2.75) is 78.2 Å². The summed E-state index contributed by atoms with van der Waals surface area (Å²) < 4.78 is 11.0. The molecule has 5 nitrogen and oxygen atoms in total. The number of Topliss-reactive ketones (excluding diaryl/α,β-unsaturated/α-hetero) is 1. The molecule has 0 aliphatic heterocycles. The van der Waals surface area contributed by atoms with Crippen LogP contribution in [0.1, 0.15) is 72.1 Å². The molecular weight excluding hydrogens is 507 g/mol. The van der Waals surface area contributed by atoms with E-state index in [0.717, 1.165) is 38.5 Å². The maximum atomic E-state index is 12.9. The first-order valence-electron chi connectivity index (χ1n) is 11.8. The molecule has 3 fully saturated rings. The summed E-state index contributed by atoms with van der Waals surface area (Å²) in [4.78, 5) is 35.9. The molecular formula is C25H35IO5. The molecule has 172 valence electrons. The molecule has 0 aromatic rings. The first-order valence-corrected chi connectivity index (χ1v) is 13.3. The average Bonchev–Trinajstić information content (AvgIpc) is 3.09. The van der Waals surface area contributed by atoms with E-state index in [1.807, 2.05) is 22.6 Å². The normalized spacial score (nSPS) is 41.3. The highest BCUT2D eigenvalue weighted by molar-refractivity contribution is 14.1. The van der Waals surface area contributed by atoms with E-state index in [-0.39, 0.29) is 46.2 Å². The monoisotopic (exact) mass is 542 g/mol. The summed E-state index contributed by atoms with van der Waals surface area (Å²) in [5.74, 6) is 1.36. The van der Waals surface area contributed by atoms with Crippen molar-refractivity contribution in [3.05, 3.63) is 11.6 Å². The first kappa shape index (κ1) is 23.2. The molecule has 0 bridgehead atoms. The minimum atomic E-state index is -0.315. The highest BCUT2D eigenvalue weighted by atomic mass is 127. The maximum absolute atomic E-state index is 12.9. The Morgan fingerprint density at radius 1 is 1.13 bits per heavy atom. The van der Waals surface area contributed by atoms with E-state index in [1.165, 1.54) is 25.3 Å². The highest BCUT2D eigenvalue weighted by Gasteiger charge is 2.58. The minimum Gasteiger partial charge on any atom is -0.463 e. The zero-order chi connectivity index (χ0) is 22.4. The van der Waals surface area contributed by atoms with Crippen molar-refractivity contribution < 1.29 is 23.9 Å². The van der Waals surface area contributed by atoms with Gasteiger partial charge in [-0.25, -0.2) is 0 Å². The van der Waals surface area contributed by atoms with Crippen molar-refractivity contribution in [1.29, 1.82) is 0 Å². The predicted octanol–water partition coefficient (Wildman–Crippen LogP) is 5.04. The zero-order valence-electron chi connectivity index (χ0n) is 19.0. The second-order valence-electron chi connectivity index (χ2n) is 10.7. The molecule has 0 amide bonds. The third-order valence-electron chi connectivity index (χ3n) is 9.23. The Balaban J connectivity index is 1.47. The van der Waals surface area contributed by atoms with Crippen LogP contribution in [-0.2, 0) is 23.9 Å². The van der Waals surface area contributed by atoms with E-state index in [0.29, 0.717) is 23.2 Å². The fourth-order valence-electron chi connectivity index (χ4n) is 7.67. The summed E-state index contributed by atoms with van der Waals surface area (Å²) in [6.45, 7) is 6.17. The maximum Gasteiger partial charge on any atom is 0.316 e. The van der Waals surface area contributed by atoms with Gasteiger partial charge in [-0.1, -0.05) is 48.1 Å². The quantitative estimate of drug-likeness (QED) is 0.211. The van der Waals surface area contributed by atoms with Gasteiger partial charge in [-0.05, 0) is 80.0 Å². The van der Waals surface area contributed by atoms with Crippen molar-refractivity contribution in [3.8, 4) is 0 Å². The fraction of sp³-hybridized carbons (Fsp3) is 0.800. The second-order valence-corrected chi connectivity index (χ2v) is 11.4. The summed E-state index contributed by atoms with van der Waals surface area (Å²) in [6.07, 6.45) is 10.8. The lowest BCUT2D eigenvalue weighted by Gasteiger charge is -2.59. The zero-order valence-corrected chi connectivity index (χ0v) is 21.1. The molecule has 0 spiro atoms.